The van der Waals surface area contributed by atoms with Crippen LogP contribution >= 0.6 is 7.82 Å². The summed E-state index contributed by atoms with van der Waals surface area (Å²) in [5.41, 5.74) is 5.35. The molecule has 0 rings (SSSR count). The van der Waals surface area contributed by atoms with Crippen molar-refractivity contribution in [3.8, 4) is 0 Å². The number of phosphoric ester groups is 1. The largest absolute Gasteiger partial charge is 0.472 e. The molecule has 8 nitrogen and oxygen atoms in total. The molecule has 3 N–H and O–H groups in total. The number of esters is 1. The van der Waals surface area contributed by atoms with Gasteiger partial charge in [-0.2, -0.15) is 0 Å². The van der Waals surface area contributed by atoms with E-state index in [1.165, 1.54) is 135 Å². The lowest BCUT2D eigenvalue weighted by atomic mass is 10.1. The minimum atomic E-state index is -4.26. The van der Waals surface area contributed by atoms with E-state index in [0.717, 1.165) is 32.1 Å². The van der Waals surface area contributed by atoms with Gasteiger partial charge in [0.1, 0.15) is 6.10 Å². The molecule has 0 bridgehead atoms. The molecule has 280 valence electrons. The molecule has 9 heteroatoms. The molecule has 0 aliphatic heterocycles. The number of allylic oxidation sites excluding steroid dienone is 2. The van der Waals surface area contributed by atoms with Gasteiger partial charge in [0, 0.05) is 19.6 Å². The third-order valence-electron chi connectivity index (χ3n) is 8.43. The molecular weight excluding hydrogens is 613 g/mol. The van der Waals surface area contributed by atoms with Gasteiger partial charge in [0.05, 0.1) is 19.8 Å². The molecule has 0 aromatic carbocycles. The second-order valence-corrected chi connectivity index (χ2v) is 14.6. The van der Waals surface area contributed by atoms with Crippen molar-refractivity contribution < 1.29 is 32.8 Å². The van der Waals surface area contributed by atoms with Crippen LogP contribution in [0.15, 0.2) is 12.2 Å². The summed E-state index contributed by atoms with van der Waals surface area (Å²) in [5.74, 6) is -0.333. The first-order valence-electron chi connectivity index (χ1n) is 19.7. The predicted molar refractivity (Wildman–Crippen MR) is 197 cm³/mol. The predicted octanol–water partition coefficient (Wildman–Crippen LogP) is 11.1. The van der Waals surface area contributed by atoms with E-state index >= 15 is 0 Å². The Labute approximate surface area is 290 Å². The first-order chi connectivity index (χ1) is 22.9. The lowest BCUT2D eigenvalue weighted by Crippen LogP contribution is -2.28. The highest BCUT2D eigenvalue weighted by Gasteiger charge is 2.25. The maximum absolute atomic E-state index is 12.5. The molecule has 0 aromatic heterocycles. The molecule has 0 saturated carbocycles. The van der Waals surface area contributed by atoms with Crippen LogP contribution in [0.2, 0.25) is 0 Å². The smallest absolute Gasteiger partial charge is 0.457 e. The van der Waals surface area contributed by atoms with Gasteiger partial charge >= 0.3 is 13.8 Å². The van der Waals surface area contributed by atoms with Gasteiger partial charge in [-0.05, 0) is 38.5 Å². The SMILES string of the molecule is CCCCCCCCC/C=C\CCCCCCCCCCOCC(COP(=O)(O)OCCN)OC(=O)CCCCCCCCCCC. The molecule has 0 amide bonds. The zero-order valence-corrected chi connectivity index (χ0v) is 31.7. The van der Waals surface area contributed by atoms with E-state index in [1.807, 2.05) is 0 Å². The summed E-state index contributed by atoms with van der Waals surface area (Å²) in [6.45, 7) is 4.91. The van der Waals surface area contributed by atoms with E-state index in [-0.39, 0.29) is 32.3 Å². The number of carbonyl (C=O) groups is 1. The fraction of sp³-hybridized carbons (Fsp3) is 0.921. The second kappa shape index (κ2) is 36.5. The zero-order chi connectivity index (χ0) is 34.5. The van der Waals surface area contributed by atoms with Crippen LogP contribution < -0.4 is 5.73 Å². The highest BCUT2D eigenvalue weighted by atomic mass is 31.2. The number of nitrogens with two attached hydrogens (primary N) is 1. The van der Waals surface area contributed by atoms with E-state index in [2.05, 4.69) is 26.0 Å². The Balaban J connectivity index is 3.97. The Morgan fingerprint density at radius 3 is 1.55 bits per heavy atom. The molecule has 0 heterocycles. The standard InChI is InChI=1S/C38H76NO7P/c1-3-5-7-9-11-13-14-15-16-17-18-19-20-21-22-24-26-28-30-33-43-35-37(36-45-47(41,42)44-34-32-39)46-38(40)31-29-27-25-23-12-10-8-6-4-2/h16-17,37H,3-15,18-36,39H2,1-2H3,(H,41,42)/b17-16-. The normalized spacial score (nSPS) is 13.7. The molecule has 0 saturated heterocycles. The number of carbonyl (C=O) groups excluding carboxylic acids is 1. The van der Waals surface area contributed by atoms with Gasteiger partial charge in [0.2, 0.25) is 0 Å². The van der Waals surface area contributed by atoms with Gasteiger partial charge in [-0.15, -0.1) is 0 Å². The van der Waals surface area contributed by atoms with E-state index in [4.69, 9.17) is 24.3 Å². The Morgan fingerprint density at radius 1 is 0.617 bits per heavy atom. The third-order valence-corrected chi connectivity index (χ3v) is 9.42. The fourth-order valence-corrected chi connectivity index (χ4v) is 6.29. The third kappa shape index (κ3) is 36.3. The van der Waals surface area contributed by atoms with Crippen LogP contribution in [0.4, 0.5) is 0 Å². The van der Waals surface area contributed by atoms with Crippen LogP contribution in [-0.2, 0) is 27.9 Å². The number of hydrogen-bond acceptors (Lipinski definition) is 7. The highest BCUT2D eigenvalue weighted by molar-refractivity contribution is 7.47. The van der Waals surface area contributed by atoms with Gasteiger partial charge in [0.25, 0.3) is 0 Å². The second-order valence-electron chi connectivity index (χ2n) is 13.1. The van der Waals surface area contributed by atoms with Crippen LogP contribution in [0, 0.1) is 0 Å². The van der Waals surface area contributed by atoms with Crippen molar-refractivity contribution in [2.24, 2.45) is 5.73 Å². The van der Waals surface area contributed by atoms with Crippen molar-refractivity contribution in [1.82, 2.24) is 0 Å². The summed E-state index contributed by atoms with van der Waals surface area (Å²) in [6.07, 6.45) is 36.6. The Hall–Kier alpha value is -0.760. The van der Waals surface area contributed by atoms with Crippen LogP contribution in [0.1, 0.15) is 187 Å². The first kappa shape index (κ1) is 46.2. The number of unbranched alkanes of at least 4 members (excludes halogenated alkanes) is 23. The molecule has 0 aliphatic rings. The molecule has 0 aliphatic carbocycles. The average molecular weight is 690 g/mol. The monoisotopic (exact) mass is 690 g/mol. The van der Waals surface area contributed by atoms with E-state index < -0.39 is 13.9 Å². The summed E-state index contributed by atoms with van der Waals surface area (Å²) < 4.78 is 33.3. The maximum atomic E-state index is 12.5. The van der Waals surface area contributed by atoms with Crippen LogP contribution in [-0.4, -0.2) is 49.9 Å². The molecule has 2 atom stereocenters. The summed E-state index contributed by atoms with van der Waals surface area (Å²) >= 11 is 0. The summed E-state index contributed by atoms with van der Waals surface area (Å²) in [7, 11) is -4.26. The van der Waals surface area contributed by atoms with Gasteiger partial charge in [-0.3, -0.25) is 13.8 Å². The molecule has 47 heavy (non-hydrogen) atoms. The van der Waals surface area contributed by atoms with E-state index in [1.54, 1.807) is 0 Å². The minimum Gasteiger partial charge on any atom is -0.457 e. The molecule has 2 unspecified atom stereocenters. The van der Waals surface area contributed by atoms with Crippen LogP contribution in [0.3, 0.4) is 0 Å². The summed E-state index contributed by atoms with van der Waals surface area (Å²) in [5, 5.41) is 0. The highest BCUT2D eigenvalue weighted by Crippen LogP contribution is 2.43. The Bertz CT molecular complexity index is 737. The number of rotatable bonds is 38. The first-order valence-corrected chi connectivity index (χ1v) is 21.2. The van der Waals surface area contributed by atoms with Gasteiger partial charge in [-0.1, -0.05) is 154 Å². The molecule has 0 aromatic rings. The fourth-order valence-electron chi connectivity index (χ4n) is 5.52. The zero-order valence-electron chi connectivity index (χ0n) is 30.8. The number of phosphoric acid groups is 1. The lowest BCUT2D eigenvalue weighted by Gasteiger charge is -2.20. The molecular formula is C38H76NO7P. The van der Waals surface area contributed by atoms with Gasteiger partial charge < -0.3 is 20.1 Å². The Morgan fingerprint density at radius 2 is 1.06 bits per heavy atom. The summed E-state index contributed by atoms with van der Waals surface area (Å²) in [4.78, 5) is 22.3. The summed E-state index contributed by atoms with van der Waals surface area (Å²) in [6, 6.07) is 0. The topological polar surface area (TPSA) is 117 Å². The number of ether oxygens (including phenoxy) is 2. The van der Waals surface area contributed by atoms with Crippen LogP contribution in [0.25, 0.3) is 0 Å². The van der Waals surface area contributed by atoms with Gasteiger partial charge in [-0.25, -0.2) is 4.57 Å². The van der Waals surface area contributed by atoms with Crippen molar-refractivity contribution in [3.05, 3.63) is 12.2 Å². The molecule has 0 radical (unpaired) electrons. The minimum absolute atomic E-state index is 0.0932. The maximum Gasteiger partial charge on any atom is 0.472 e. The molecule has 0 fully saturated rings. The van der Waals surface area contributed by atoms with Crippen molar-refractivity contribution in [2.75, 3.05) is 33.0 Å². The number of hydrogen-bond donors (Lipinski definition) is 2. The van der Waals surface area contributed by atoms with Crippen molar-refractivity contribution in [2.45, 2.75) is 193 Å². The lowest BCUT2D eigenvalue weighted by molar-refractivity contribution is -0.154. The Kier molecular flexibility index (Phi) is 35.9. The quantitative estimate of drug-likeness (QED) is 0.0285. The molecule has 0 spiro atoms. The van der Waals surface area contributed by atoms with Crippen molar-refractivity contribution in [1.29, 1.82) is 0 Å². The van der Waals surface area contributed by atoms with E-state index in [0.29, 0.717) is 13.0 Å². The van der Waals surface area contributed by atoms with Crippen LogP contribution in [0.5, 0.6) is 0 Å². The van der Waals surface area contributed by atoms with Crippen molar-refractivity contribution in [3.63, 3.8) is 0 Å². The van der Waals surface area contributed by atoms with Gasteiger partial charge in [0.15, 0.2) is 0 Å². The van der Waals surface area contributed by atoms with Crippen molar-refractivity contribution >= 4 is 13.8 Å². The average Bonchev–Trinajstić information content (AvgIpc) is 3.06. The van der Waals surface area contributed by atoms with E-state index in [9.17, 15) is 14.3 Å².